The molecule has 4 heteroatoms. The molecule has 4 nitrogen and oxygen atoms in total. The first-order valence-corrected chi connectivity index (χ1v) is 7.50. The normalized spacial score (nSPS) is 21.4. The number of amides is 1. The highest BCUT2D eigenvalue weighted by Crippen LogP contribution is 2.13. The molecule has 1 aliphatic heterocycles. The zero-order valence-electron chi connectivity index (χ0n) is 12.4. The zero-order chi connectivity index (χ0) is 14.4. The van der Waals surface area contributed by atoms with Gasteiger partial charge in [-0.05, 0) is 25.8 Å². The predicted molar refractivity (Wildman–Crippen MR) is 81.7 cm³/mol. The van der Waals surface area contributed by atoms with E-state index in [1.54, 1.807) is 0 Å². The van der Waals surface area contributed by atoms with E-state index < -0.39 is 0 Å². The lowest BCUT2D eigenvalue weighted by Crippen LogP contribution is -2.60. The summed E-state index contributed by atoms with van der Waals surface area (Å²) in [5, 5.41) is 6.26. The second-order valence-electron chi connectivity index (χ2n) is 5.39. The Morgan fingerprint density at radius 1 is 1.45 bits per heavy atom. The quantitative estimate of drug-likeness (QED) is 0.843. The van der Waals surface area contributed by atoms with E-state index in [4.69, 9.17) is 0 Å². The number of piperazine rings is 1. The lowest BCUT2D eigenvalue weighted by Gasteiger charge is -2.39. The largest absolute Gasteiger partial charge is 0.355 e. The Bertz CT molecular complexity index is 421. The molecule has 2 unspecified atom stereocenters. The van der Waals surface area contributed by atoms with E-state index in [1.165, 1.54) is 5.56 Å². The summed E-state index contributed by atoms with van der Waals surface area (Å²) in [5.74, 6) is 0.139. The van der Waals surface area contributed by atoms with Crippen molar-refractivity contribution in [3.8, 4) is 0 Å². The van der Waals surface area contributed by atoms with Crippen molar-refractivity contribution in [2.75, 3.05) is 26.2 Å². The number of hydrogen-bond donors (Lipinski definition) is 2. The molecule has 1 aromatic rings. The van der Waals surface area contributed by atoms with Crippen LogP contribution in [-0.4, -0.2) is 49.1 Å². The molecule has 2 rings (SSSR count). The molecule has 1 fully saturated rings. The Kier molecular flexibility index (Phi) is 5.56. The van der Waals surface area contributed by atoms with E-state index in [0.717, 1.165) is 26.1 Å². The fourth-order valence-corrected chi connectivity index (χ4v) is 2.86. The van der Waals surface area contributed by atoms with Crippen molar-refractivity contribution >= 4 is 5.91 Å². The highest BCUT2D eigenvalue weighted by atomic mass is 16.2. The van der Waals surface area contributed by atoms with E-state index in [-0.39, 0.29) is 11.9 Å². The van der Waals surface area contributed by atoms with Crippen molar-refractivity contribution in [2.24, 2.45) is 0 Å². The summed E-state index contributed by atoms with van der Waals surface area (Å²) >= 11 is 0. The maximum atomic E-state index is 12.2. The van der Waals surface area contributed by atoms with Gasteiger partial charge in [0.05, 0.1) is 0 Å². The summed E-state index contributed by atoms with van der Waals surface area (Å²) < 4.78 is 0. The molecular formula is C16H25N3O. The number of benzene rings is 1. The molecule has 0 spiro atoms. The molecule has 0 aromatic heterocycles. The number of carbonyl (C=O) groups excluding carboxylic acids is 1. The van der Waals surface area contributed by atoms with Gasteiger partial charge in [0.1, 0.15) is 6.04 Å². The second-order valence-corrected chi connectivity index (χ2v) is 5.39. The van der Waals surface area contributed by atoms with Crippen LogP contribution in [0.2, 0.25) is 0 Å². The monoisotopic (exact) mass is 275 g/mol. The first kappa shape index (κ1) is 15.0. The summed E-state index contributed by atoms with van der Waals surface area (Å²) in [6, 6.07) is 10.8. The first-order valence-electron chi connectivity index (χ1n) is 7.50. The number of hydrogen-bond acceptors (Lipinski definition) is 3. The van der Waals surface area contributed by atoms with Crippen molar-refractivity contribution in [2.45, 2.75) is 32.4 Å². The fourth-order valence-electron chi connectivity index (χ4n) is 2.86. The Morgan fingerprint density at radius 3 is 2.90 bits per heavy atom. The molecule has 1 aromatic carbocycles. The molecule has 0 saturated carbocycles. The SMILES string of the molecule is CCNC(=O)C1CNCCN1C(C)Cc1ccccc1. The van der Waals surface area contributed by atoms with Gasteiger partial charge >= 0.3 is 0 Å². The van der Waals surface area contributed by atoms with Gasteiger partial charge in [-0.1, -0.05) is 30.3 Å². The number of likely N-dealkylation sites (N-methyl/N-ethyl adjacent to an activating group) is 1. The molecule has 2 N–H and O–H groups in total. The molecule has 1 aliphatic rings. The molecule has 1 amide bonds. The Balaban J connectivity index is 2.01. The molecule has 1 heterocycles. The van der Waals surface area contributed by atoms with Crippen LogP contribution < -0.4 is 10.6 Å². The average molecular weight is 275 g/mol. The van der Waals surface area contributed by atoms with E-state index >= 15 is 0 Å². The summed E-state index contributed by atoms with van der Waals surface area (Å²) in [4.78, 5) is 14.5. The molecule has 0 bridgehead atoms. The zero-order valence-corrected chi connectivity index (χ0v) is 12.4. The summed E-state index contributed by atoms with van der Waals surface area (Å²) in [6.45, 7) is 7.49. The average Bonchev–Trinajstić information content (AvgIpc) is 2.48. The van der Waals surface area contributed by atoms with Crippen molar-refractivity contribution in [1.29, 1.82) is 0 Å². The summed E-state index contributed by atoms with van der Waals surface area (Å²) in [7, 11) is 0. The van der Waals surface area contributed by atoms with E-state index in [1.807, 2.05) is 13.0 Å². The van der Waals surface area contributed by atoms with Crippen LogP contribution in [0.4, 0.5) is 0 Å². The van der Waals surface area contributed by atoms with Gasteiger partial charge in [0, 0.05) is 32.2 Å². The van der Waals surface area contributed by atoms with E-state index in [9.17, 15) is 4.79 Å². The van der Waals surface area contributed by atoms with Crippen LogP contribution in [0.15, 0.2) is 30.3 Å². The molecule has 0 aliphatic carbocycles. The third-order valence-electron chi connectivity index (χ3n) is 3.88. The number of rotatable bonds is 5. The second kappa shape index (κ2) is 7.41. The maximum Gasteiger partial charge on any atom is 0.238 e. The first-order chi connectivity index (χ1) is 9.72. The van der Waals surface area contributed by atoms with Crippen LogP contribution in [0.3, 0.4) is 0 Å². The predicted octanol–water partition coefficient (Wildman–Crippen LogP) is 1.03. The minimum atomic E-state index is -0.0533. The van der Waals surface area contributed by atoms with Crippen LogP contribution in [-0.2, 0) is 11.2 Å². The highest BCUT2D eigenvalue weighted by molar-refractivity contribution is 5.82. The van der Waals surface area contributed by atoms with Crippen molar-refractivity contribution in [3.63, 3.8) is 0 Å². The lowest BCUT2D eigenvalue weighted by molar-refractivity contribution is -0.127. The topological polar surface area (TPSA) is 44.4 Å². The minimum Gasteiger partial charge on any atom is -0.355 e. The van der Waals surface area contributed by atoms with Crippen LogP contribution in [0.1, 0.15) is 19.4 Å². The Morgan fingerprint density at radius 2 is 2.20 bits per heavy atom. The lowest BCUT2D eigenvalue weighted by atomic mass is 10.0. The smallest absolute Gasteiger partial charge is 0.238 e. The van der Waals surface area contributed by atoms with E-state index in [2.05, 4.69) is 46.7 Å². The van der Waals surface area contributed by atoms with Crippen LogP contribution in [0.5, 0.6) is 0 Å². The Labute approximate surface area is 121 Å². The molecule has 1 saturated heterocycles. The van der Waals surface area contributed by atoms with Crippen LogP contribution >= 0.6 is 0 Å². The molecule has 2 atom stereocenters. The van der Waals surface area contributed by atoms with Crippen molar-refractivity contribution in [1.82, 2.24) is 15.5 Å². The van der Waals surface area contributed by atoms with Crippen LogP contribution in [0, 0.1) is 0 Å². The maximum absolute atomic E-state index is 12.2. The fraction of sp³-hybridized carbons (Fsp3) is 0.562. The molecule has 110 valence electrons. The Hall–Kier alpha value is -1.39. The van der Waals surface area contributed by atoms with Gasteiger partial charge < -0.3 is 10.6 Å². The van der Waals surface area contributed by atoms with Crippen LogP contribution in [0.25, 0.3) is 0 Å². The third-order valence-corrected chi connectivity index (χ3v) is 3.88. The van der Waals surface area contributed by atoms with Gasteiger partial charge in [-0.15, -0.1) is 0 Å². The molecule has 0 radical (unpaired) electrons. The number of nitrogens with zero attached hydrogens (tertiary/aromatic N) is 1. The third kappa shape index (κ3) is 3.81. The van der Waals surface area contributed by atoms with Gasteiger partial charge in [-0.3, -0.25) is 9.69 Å². The molecule has 20 heavy (non-hydrogen) atoms. The number of carbonyl (C=O) groups is 1. The van der Waals surface area contributed by atoms with Crippen molar-refractivity contribution in [3.05, 3.63) is 35.9 Å². The number of nitrogens with one attached hydrogen (secondary N) is 2. The van der Waals surface area contributed by atoms with Gasteiger partial charge in [0.2, 0.25) is 5.91 Å². The summed E-state index contributed by atoms with van der Waals surface area (Å²) in [6.07, 6.45) is 0.983. The van der Waals surface area contributed by atoms with Gasteiger partial charge in [-0.2, -0.15) is 0 Å². The standard InChI is InChI=1S/C16H25N3O/c1-3-18-16(20)15-12-17-9-10-19(15)13(2)11-14-7-5-4-6-8-14/h4-8,13,15,17H,3,9-12H2,1-2H3,(H,18,20). The summed E-state index contributed by atoms with van der Waals surface area (Å²) in [5.41, 5.74) is 1.33. The van der Waals surface area contributed by atoms with Gasteiger partial charge in [-0.25, -0.2) is 0 Å². The van der Waals surface area contributed by atoms with E-state index in [0.29, 0.717) is 12.6 Å². The molecular weight excluding hydrogens is 250 g/mol. The van der Waals surface area contributed by atoms with Crippen molar-refractivity contribution < 1.29 is 4.79 Å². The highest BCUT2D eigenvalue weighted by Gasteiger charge is 2.31. The van der Waals surface area contributed by atoms with Gasteiger partial charge in [0.25, 0.3) is 0 Å². The minimum absolute atomic E-state index is 0.0533. The van der Waals surface area contributed by atoms with Gasteiger partial charge in [0.15, 0.2) is 0 Å².